The van der Waals surface area contributed by atoms with Crippen LogP contribution in [-0.2, 0) is 4.74 Å². The Kier molecular flexibility index (Phi) is 4.35. The largest absolute Gasteiger partial charge is 0.377 e. The van der Waals surface area contributed by atoms with Gasteiger partial charge in [0.1, 0.15) is 0 Å². The molecule has 1 saturated heterocycles. The molecule has 2 N–H and O–H groups in total. The second-order valence-corrected chi connectivity index (χ2v) is 4.72. The van der Waals surface area contributed by atoms with E-state index in [0.717, 1.165) is 32.5 Å². The van der Waals surface area contributed by atoms with Gasteiger partial charge in [-0.1, -0.05) is 6.92 Å². The van der Waals surface area contributed by atoms with E-state index in [9.17, 15) is 0 Å². The summed E-state index contributed by atoms with van der Waals surface area (Å²) in [6, 6.07) is 0. The molecule has 3 nitrogen and oxygen atoms in total. The highest BCUT2D eigenvalue weighted by Gasteiger charge is 2.28. The number of hydrogen-bond donors (Lipinski definition) is 1. The third-order valence-corrected chi connectivity index (χ3v) is 3.16. The number of nitrogens with zero attached hydrogens (tertiary/aromatic N) is 1. The molecule has 0 radical (unpaired) electrons. The summed E-state index contributed by atoms with van der Waals surface area (Å²) in [5, 5.41) is 0. The maximum atomic E-state index is 5.79. The van der Waals surface area contributed by atoms with E-state index in [-0.39, 0.29) is 5.54 Å². The smallest absolute Gasteiger partial charge is 0.0699 e. The quantitative estimate of drug-likeness (QED) is 0.744. The number of hydrogen-bond acceptors (Lipinski definition) is 3. The Morgan fingerprint density at radius 1 is 1.50 bits per heavy atom. The first-order valence-electron chi connectivity index (χ1n) is 5.67. The van der Waals surface area contributed by atoms with Crippen LogP contribution in [0.25, 0.3) is 0 Å². The highest BCUT2D eigenvalue weighted by Crippen LogP contribution is 2.18. The maximum Gasteiger partial charge on any atom is 0.0699 e. The van der Waals surface area contributed by atoms with E-state index in [1.54, 1.807) is 0 Å². The predicted octanol–water partition coefficient (Wildman–Crippen LogP) is 1.22. The highest BCUT2D eigenvalue weighted by atomic mass is 16.5. The maximum absolute atomic E-state index is 5.79. The molecule has 0 aromatic rings. The van der Waals surface area contributed by atoms with Gasteiger partial charge < -0.3 is 10.5 Å². The molecule has 84 valence electrons. The Balaban J connectivity index is 2.58. The fourth-order valence-electron chi connectivity index (χ4n) is 1.82. The molecule has 3 heteroatoms. The molecule has 1 atom stereocenters. The predicted molar refractivity (Wildman–Crippen MR) is 59.4 cm³/mol. The summed E-state index contributed by atoms with van der Waals surface area (Å²) in [5.41, 5.74) is 5.90. The van der Waals surface area contributed by atoms with Crippen molar-refractivity contribution >= 4 is 0 Å². The molecule has 0 aliphatic carbocycles. The number of nitrogens with two attached hydrogens (primary N) is 1. The minimum atomic E-state index is 0.112. The van der Waals surface area contributed by atoms with Gasteiger partial charge in [-0.3, -0.25) is 4.90 Å². The standard InChI is InChI=1S/C11H24N2O/c1-4-10-8-13(6-5-7-14-10)11(2,3)9-12/h10H,4-9,12H2,1-3H3. The van der Waals surface area contributed by atoms with Crippen LogP contribution in [0.1, 0.15) is 33.6 Å². The Hall–Kier alpha value is -0.120. The van der Waals surface area contributed by atoms with Crippen LogP contribution < -0.4 is 5.73 Å². The van der Waals surface area contributed by atoms with Crippen LogP contribution in [0, 0.1) is 0 Å². The summed E-state index contributed by atoms with van der Waals surface area (Å²) in [7, 11) is 0. The van der Waals surface area contributed by atoms with Crippen LogP contribution in [0.5, 0.6) is 0 Å². The van der Waals surface area contributed by atoms with Crippen molar-refractivity contribution in [2.45, 2.75) is 45.3 Å². The van der Waals surface area contributed by atoms with Crippen LogP contribution in [0.15, 0.2) is 0 Å². The van der Waals surface area contributed by atoms with Gasteiger partial charge in [0.05, 0.1) is 6.10 Å². The van der Waals surface area contributed by atoms with E-state index < -0.39 is 0 Å². The number of ether oxygens (including phenoxy) is 1. The molecule has 0 bridgehead atoms. The van der Waals surface area contributed by atoms with Gasteiger partial charge in [0.25, 0.3) is 0 Å². The Labute approximate surface area is 87.6 Å². The summed E-state index contributed by atoms with van der Waals surface area (Å²) in [6.45, 7) is 10.4. The van der Waals surface area contributed by atoms with Crippen LogP contribution in [0.3, 0.4) is 0 Å². The normalized spacial score (nSPS) is 26.1. The van der Waals surface area contributed by atoms with E-state index in [2.05, 4.69) is 25.7 Å². The van der Waals surface area contributed by atoms with Gasteiger partial charge in [-0.2, -0.15) is 0 Å². The minimum Gasteiger partial charge on any atom is -0.377 e. The molecule has 1 aliphatic heterocycles. The fourth-order valence-corrected chi connectivity index (χ4v) is 1.82. The van der Waals surface area contributed by atoms with Crippen molar-refractivity contribution < 1.29 is 4.74 Å². The Morgan fingerprint density at radius 3 is 2.79 bits per heavy atom. The lowest BCUT2D eigenvalue weighted by Gasteiger charge is -2.37. The summed E-state index contributed by atoms with van der Waals surface area (Å²) < 4.78 is 5.74. The topological polar surface area (TPSA) is 38.5 Å². The van der Waals surface area contributed by atoms with Gasteiger partial charge in [-0.25, -0.2) is 0 Å². The van der Waals surface area contributed by atoms with E-state index in [0.29, 0.717) is 12.6 Å². The first-order valence-corrected chi connectivity index (χ1v) is 5.67. The monoisotopic (exact) mass is 200 g/mol. The number of rotatable bonds is 3. The minimum absolute atomic E-state index is 0.112. The van der Waals surface area contributed by atoms with E-state index in [1.165, 1.54) is 0 Å². The van der Waals surface area contributed by atoms with E-state index >= 15 is 0 Å². The van der Waals surface area contributed by atoms with Crippen molar-refractivity contribution in [3.05, 3.63) is 0 Å². The van der Waals surface area contributed by atoms with Gasteiger partial charge in [-0.15, -0.1) is 0 Å². The molecule has 0 spiro atoms. The first kappa shape index (κ1) is 12.0. The summed E-state index contributed by atoms with van der Waals surface area (Å²) in [5.74, 6) is 0. The molecule has 1 rings (SSSR count). The zero-order chi connectivity index (χ0) is 10.6. The van der Waals surface area contributed by atoms with Gasteiger partial charge in [0.15, 0.2) is 0 Å². The van der Waals surface area contributed by atoms with Crippen molar-refractivity contribution in [2.24, 2.45) is 5.73 Å². The van der Waals surface area contributed by atoms with Crippen molar-refractivity contribution in [3.63, 3.8) is 0 Å². The van der Waals surface area contributed by atoms with Gasteiger partial charge in [0.2, 0.25) is 0 Å². The zero-order valence-corrected chi connectivity index (χ0v) is 9.75. The Bertz CT molecular complexity index is 171. The molecule has 1 unspecified atom stereocenters. The van der Waals surface area contributed by atoms with Crippen LogP contribution in [0.2, 0.25) is 0 Å². The average Bonchev–Trinajstić information content (AvgIpc) is 2.43. The summed E-state index contributed by atoms with van der Waals surface area (Å²) >= 11 is 0. The lowest BCUT2D eigenvalue weighted by Crippen LogP contribution is -2.51. The fraction of sp³-hybridized carbons (Fsp3) is 1.00. The molecule has 0 amide bonds. The average molecular weight is 200 g/mol. The second-order valence-electron chi connectivity index (χ2n) is 4.72. The van der Waals surface area contributed by atoms with Gasteiger partial charge in [0, 0.05) is 31.8 Å². The molecule has 0 aromatic carbocycles. The molecule has 1 fully saturated rings. The first-order chi connectivity index (χ1) is 6.60. The molecule has 1 heterocycles. The van der Waals surface area contributed by atoms with E-state index in [1.807, 2.05) is 0 Å². The van der Waals surface area contributed by atoms with Crippen LogP contribution >= 0.6 is 0 Å². The van der Waals surface area contributed by atoms with Crippen molar-refractivity contribution in [2.75, 3.05) is 26.2 Å². The van der Waals surface area contributed by atoms with Crippen molar-refractivity contribution in [1.82, 2.24) is 4.90 Å². The summed E-state index contributed by atoms with van der Waals surface area (Å²) in [4.78, 5) is 2.47. The molecular formula is C11H24N2O. The summed E-state index contributed by atoms with van der Waals surface area (Å²) in [6.07, 6.45) is 2.61. The molecular weight excluding hydrogens is 176 g/mol. The lowest BCUT2D eigenvalue weighted by atomic mass is 10.0. The molecule has 14 heavy (non-hydrogen) atoms. The van der Waals surface area contributed by atoms with Gasteiger partial charge >= 0.3 is 0 Å². The SMILES string of the molecule is CCC1CN(C(C)(C)CN)CCCO1. The second kappa shape index (κ2) is 5.10. The van der Waals surface area contributed by atoms with Crippen molar-refractivity contribution in [3.8, 4) is 0 Å². The Morgan fingerprint density at radius 2 is 2.21 bits per heavy atom. The lowest BCUT2D eigenvalue weighted by molar-refractivity contribution is 0.0342. The van der Waals surface area contributed by atoms with Crippen LogP contribution in [0.4, 0.5) is 0 Å². The molecule has 0 aromatic heterocycles. The zero-order valence-electron chi connectivity index (χ0n) is 9.75. The van der Waals surface area contributed by atoms with Crippen LogP contribution in [-0.4, -0.2) is 42.8 Å². The molecule has 1 aliphatic rings. The van der Waals surface area contributed by atoms with Crippen molar-refractivity contribution in [1.29, 1.82) is 0 Å². The highest BCUT2D eigenvalue weighted by molar-refractivity contribution is 4.85. The van der Waals surface area contributed by atoms with Gasteiger partial charge in [-0.05, 0) is 26.7 Å². The van der Waals surface area contributed by atoms with E-state index in [4.69, 9.17) is 10.5 Å². The third kappa shape index (κ3) is 2.94. The molecule has 0 saturated carbocycles. The third-order valence-electron chi connectivity index (χ3n) is 3.16.